The van der Waals surface area contributed by atoms with Crippen molar-refractivity contribution in [1.82, 2.24) is 14.9 Å². The maximum absolute atomic E-state index is 13.6. The smallest absolute Gasteiger partial charge is 0.221 e. The molecule has 0 bridgehead atoms. The minimum absolute atomic E-state index is 0.0204. The predicted octanol–water partition coefficient (Wildman–Crippen LogP) is 3.09. The number of hydrogen-bond acceptors (Lipinski definition) is 2. The van der Waals surface area contributed by atoms with Crippen LogP contribution in [0.25, 0.3) is 11.0 Å². The molecule has 2 aromatic rings. The summed E-state index contributed by atoms with van der Waals surface area (Å²) in [5.41, 5.74) is 1.16. The summed E-state index contributed by atoms with van der Waals surface area (Å²) in [6, 6.07) is 2.78. The number of imidazole rings is 1. The van der Waals surface area contributed by atoms with Crippen LogP contribution >= 0.6 is 23.2 Å². The van der Waals surface area contributed by atoms with Gasteiger partial charge in [-0.25, -0.2) is 9.37 Å². The van der Waals surface area contributed by atoms with Crippen molar-refractivity contribution < 1.29 is 9.18 Å². The quantitative estimate of drug-likeness (QED) is 0.861. The minimum atomic E-state index is -0.514. The van der Waals surface area contributed by atoms with Gasteiger partial charge in [0, 0.05) is 25.6 Å². The molecule has 20 heavy (non-hydrogen) atoms. The number of nitrogens with zero attached hydrogens (tertiary/aromatic N) is 2. The first-order valence-electron chi connectivity index (χ1n) is 6.23. The molecule has 0 aliphatic heterocycles. The highest BCUT2D eigenvalue weighted by molar-refractivity contribution is 6.31. The number of aryl methyl sites for hydroxylation is 1. The molecule has 0 saturated carbocycles. The van der Waals surface area contributed by atoms with E-state index in [-0.39, 0.29) is 23.2 Å². The van der Waals surface area contributed by atoms with Gasteiger partial charge >= 0.3 is 0 Å². The molecule has 2 rings (SSSR count). The van der Waals surface area contributed by atoms with E-state index in [1.807, 2.05) is 6.92 Å². The van der Waals surface area contributed by atoms with Gasteiger partial charge in [0.2, 0.25) is 5.91 Å². The molecule has 0 saturated heterocycles. The van der Waals surface area contributed by atoms with Crippen molar-refractivity contribution in [2.45, 2.75) is 25.8 Å². The highest BCUT2D eigenvalue weighted by atomic mass is 35.5. The number of alkyl halides is 1. The Balaban J connectivity index is 2.35. The number of halogens is 3. The molecule has 1 N–H and O–H groups in total. The van der Waals surface area contributed by atoms with Crippen molar-refractivity contribution >= 4 is 40.1 Å². The van der Waals surface area contributed by atoms with Crippen molar-refractivity contribution in [1.29, 1.82) is 0 Å². The molecule has 1 amide bonds. The standard InChI is InChI=1S/C13H14Cl2FN3O/c1-2-17-13(20)3-4-19-11-6-9(16)8(15)5-10(11)18-12(19)7-14/h5-6H,2-4,7H2,1H3,(H,17,20). The second-order valence-corrected chi connectivity index (χ2v) is 4.95. The van der Waals surface area contributed by atoms with Crippen molar-refractivity contribution in [3.63, 3.8) is 0 Å². The molecule has 0 fully saturated rings. The Hall–Kier alpha value is -1.33. The van der Waals surface area contributed by atoms with E-state index in [9.17, 15) is 9.18 Å². The normalized spacial score (nSPS) is 11.0. The van der Waals surface area contributed by atoms with Crippen LogP contribution in [0.4, 0.5) is 4.39 Å². The second-order valence-electron chi connectivity index (χ2n) is 4.27. The number of hydrogen-bond donors (Lipinski definition) is 1. The number of carbonyl (C=O) groups is 1. The molecule has 7 heteroatoms. The van der Waals surface area contributed by atoms with Crippen LogP contribution in [-0.2, 0) is 17.2 Å². The molecule has 0 spiro atoms. The number of benzene rings is 1. The molecule has 0 atom stereocenters. The molecule has 0 aliphatic rings. The second kappa shape index (κ2) is 6.41. The van der Waals surface area contributed by atoms with Crippen LogP contribution in [0.5, 0.6) is 0 Å². The Morgan fingerprint density at radius 3 is 2.90 bits per heavy atom. The lowest BCUT2D eigenvalue weighted by Gasteiger charge is -2.08. The maximum atomic E-state index is 13.6. The minimum Gasteiger partial charge on any atom is -0.356 e. The zero-order chi connectivity index (χ0) is 14.7. The topological polar surface area (TPSA) is 46.9 Å². The highest BCUT2D eigenvalue weighted by Crippen LogP contribution is 2.24. The summed E-state index contributed by atoms with van der Waals surface area (Å²) < 4.78 is 15.3. The lowest BCUT2D eigenvalue weighted by atomic mass is 10.3. The molecule has 4 nitrogen and oxygen atoms in total. The predicted molar refractivity (Wildman–Crippen MR) is 77.6 cm³/mol. The van der Waals surface area contributed by atoms with Crippen molar-refractivity contribution in [3.8, 4) is 0 Å². The van der Waals surface area contributed by atoms with Crippen LogP contribution in [0.3, 0.4) is 0 Å². The Morgan fingerprint density at radius 2 is 2.25 bits per heavy atom. The maximum Gasteiger partial charge on any atom is 0.221 e. The fraction of sp³-hybridized carbons (Fsp3) is 0.385. The van der Waals surface area contributed by atoms with Crippen molar-refractivity contribution in [3.05, 3.63) is 28.8 Å². The summed E-state index contributed by atoms with van der Waals surface area (Å²) in [6.07, 6.45) is 0.285. The third-order valence-electron chi connectivity index (χ3n) is 2.93. The van der Waals surface area contributed by atoms with E-state index in [1.165, 1.54) is 12.1 Å². The molecule has 0 radical (unpaired) electrons. The average molecular weight is 318 g/mol. The van der Waals surface area contributed by atoms with Gasteiger partial charge in [0.15, 0.2) is 0 Å². The Kier molecular flexibility index (Phi) is 4.83. The van der Waals surface area contributed by atoms with Gasteiger partial charge in [-0.2, -0.15) is 0 Å². The van der Waals surface area contributed by atoms with Crippen molar-refractivity contribution in [2.75, 3.05) is 6.54 Å². The van der Waals surface area contributed by atoms with E-state index < -0.39 is 5.82 Å². The Labute approximate surface area is 125 Å². The van der Waals surface area contributed by atoms with Gasteiger partial charge in [0.1, 0.15) is 11.6 Å². The van der Waals surface area contributed by atoms with Gasteiger partial charge in [-0.1, -0.05) is 11.6 Å². The lowest BCUT2D eigenvalue weighted by Crippen LogP contribution is -2.24. The fourth-order valence-electron chi connectivity index (χ4n) is 2.02. The third kappa shape index (κ3) is 3.04. The highest BCUT2D eigenvalue weighted by Gasteiger charge is 2.14. The molecular weight excluding hydrogens is 304 g/mol. The summed E-state index contributed by atoms with van der Waals surface area (Å²) in [5, 5.41) is 2.73. The monoisotopic (exact) mass is 317 g/mol. The number of rotatable bonds is 5. The molecular formula is C13H14Cl2FN3O. The largest absolute Gasteiger partial charge is 0.356 e. The van der Waals surface area contributed by atoms with E-state index >= 15 is 0 Å². The van der Waals surface area contributed by atoms with E-state index in [0.717, 1.165) is 0 Å². The van der Waals surface area contributed by atoms with Crippen LogP contribution < -0.4 is 5.32 Å². The average Bonchev–Trinajstić information content (AvgIpc) is 2.74. The fourth-order valence-corrected chi connectivity index (χ4v) is 2.38. The third-order valence-corrected chi connectivity index (χ3v) is 3.45. The van der Waals surface area contributed by atoms with Gasteiger partial charge in [-0.05, 0) is 13.0 Å². The molecule has 0 aliphatic carbocycles. The first kappa shape index (κ1) is 15.1. The molecule has 1 heterocycles. The SMILES string of the molecule is CCNC(=O)CCn1c(CCl)nc2cc(Cl)c(F)cc21. The summed E-state index contributed by atoms with van der Waals surface area (Å²) >= 11 is 11.6. The van der Waals surface area contributed by atoms with E-state index in [2.05, 4.69) is 10.3 Å². The lowest BCUT2D eigenvalue weighted by molar-refractivity contribution is -0.121. The number of amides is 1. The Morgan fingerprint density at radius 1 is 1.50 bits per heavy atom. The van der Waals surface area contributed by atoms with Crippen LogP contribution in [0.2, 0.25) is 5.02 Å². The van der Waals surface area contributed by atoms with Crippen LogP contribution in [-0.4, -0.2) is 22.0 Å². The zero-order valence-corrected chi connectivity index (χ0v) is 12.4. The zero-order valence-electron chi connectivity index (χ0n) is 10.9. The first-order valence-corrected chi connectivity index (χ1v) is 7.14. The van der Waals surface area contributed by atoms with Gasteiger partial charge in [0.25, 0.3) is 0 Å². The van der Waals surface area contributed by atoms with Gasteiger partial charge < -0.3 is 9.88 Å². The summed E-state index contributed by atoms with van der Waals surface area (Å²) in [4.78, 5) is 15.8. The molecule has 1 aromatic heterocycles. The van der Waals surface area contributed by atoms with Gasteiger partial charge in [-0.15, -0.1) is 11.6 Å². The molecule has 0 unspecified atom stereocenters. The number of aromatic nitrogens is 2. The summed E-state index contributed by atoms with van der Waals surface area (Å²) in [7, 11) is 0. The van der Waals surface area contributed by atoms with Gasteiger partial charge in [-0.3, -0.25) is 4.79 Å². The Bertz CT molecular complexity index is 642. The van der Waals surface area contributed by atoms with Gasteiger partial charge in [0.05, 0.1) is 21.9 Å². The molecule has 108 valence electrons. The number of nitrogens with one attached hydrogen (secondary N) is 1. The first-order chi connectivity index (χ1) is 9.56. The van der Waals surface area contributed by atoms with Crippen molar-refractivity contribution in [2.24, 2.45) is 0 Å². The summed E-state index contributed by atoms with van der Waals surface area (Å²) in [6.45, 7) is 2.83. The van der Waals surface area contributed by atoms with Crippen LogP contribution in [0.15, 0.2) is 12.1 Å². The summed E-state index contributed by atoms with van der Waals surface area (Å²) in [5.74, 6) is 0.194. The number of fused-ring (bicyclic) bond motifs is 1. The number of carbonyl (C=O) groups excluding carboxylic acids is 1. The van der Waals surface area contributed by atoms with E-state index in [1.54, 1.807) is 4.57 Å². The molecule has 1 aromatic carbocycles. The van der Waals surface area contributed by atoms with Crippen LogP contribution in [0, 0.1) is 5.82 Å². The van der Waals surface area contributed by atoms with Crippen LogP contribution in [0.1, 0.15) is 19.2 Å². The van der Waals surface area contributed by atoms with E-state index in [0.29, 0.717) is 29.9 Å². The van der Waals surface area contributed by atoms with E-state index in [4.69, 9.17) is 23.2 Å².